The van der Waals surface area contributed by atoms with E-state index < -0.39 is 0 Å². The molecule has 0 aliphatic carbocycles. The molecule has 0 aromatic carbocycles. The van der Waals surface area contributed by atoms with E-state index in [0.717, 1.165) is 5.57 Å². The van der Waals surface area contributed by atoms with Crippen molar-refractivity contribution >= 4 is 6.72 Å². The van der Waals surface area contributed by atoms with E-state index in [0.29, 0.717) is 0 Å². The monoisotopic (exact) mass is 195 g/mol. The summed E-state index contributed by atoms with van der Waals surface area (Å²) in [6.45, 7) is 7.58. The Morgan fingerprint density at radius 2 is 2.44 bits per heavy atom. The molecule has 1 nitrogen and oxygen atoms in total. The van der Waals surface area contributed by atoms with Crippen LogP contribution in [0.1, 0.15) is 6.92 Å². The second kappa shape index (κ2) is 4.02. The molecule has 0 spiro atoms. The molecule has 1 radical (unpaired) electrons. The Bertz CT molecular complexity index is 168. The molecule has 1 rings (SSSR count). The molecule has 0 fully saturated rings. The molecular weight excluding hydrogens is 187 g/mol. The van der Waals surface area contributed by atoms with E-state index >= 15 is 0 Å². The number of hydrogen-bond donors (Lipinski definition) is 0. The Hall–Kier alpha value is 0.124. The summed E-state index contributed by atoms with van der Waals surface area (Å²) in [6, 6.07) is 0. The van der Waals surface area contributed by atoms with Crippen molar-refractivity contribution in [2.45, 2.75) is 6.92 Å². The Balaban J connectivity index is 0.000000640. The van der Waals surface area contributed by atoms with Gasteiger partial charge in [-0.25, -0.2) is 11.6 Å². The van der Waals surface area contributed by atoms with Gasteiger partial charge in [0.15, 0.2) is 0 Å². The van der Waals surface area contributed by atoms with Crippen LogP contribution in [-0.4, -0.2) is 11.3 Å². The predicted octanol–water partition coefficient (Wildman–Crippen LogP) is 1.14. The van der Waals surface area contributed by atoms with Crippen LogP contribution in [0, 0.1) is 12.6 Å². The van der Waals surface area contributed by atoms with Gasteiger partial charge < -0.3 is 10.7 Å². The molecule has 0 aromatic rings. The van der Waals surface area contributed by atoms with E-state index in [-0.39, 0.29) is 32.7 Å². The molecule has 1 heterocycles. The normalized spacial score (nSPS) is 15.7. The van der Waals surface area contributed by atoms with Crippen molar-refractivity contribution < 1.29 is 37.3 Å². The first-order valence-electron chi connectivity index (χ1n) is 2.49. The Labute approximate surface area is 81.0 Å². The molecule has 1 aliphatic rings. The first kappa shape index (κ1) is 9.12. The van der Waals surface area contributed by atoms with E-state index in [4.69, 9.17) is 0 Å². The topological polar surface area (TPSA) is 3.01 Å². The molecule has 2 heteroatoms. The van der Waals surface area contributed by atoms with Gasteiger partial charge in [0.05, 0.1) is 6.72 Å². The third kappa shape index (κ3) is 2.97. The molecule has 0 aromatic heterocycles. The van der Waals surface area contributed by atoms with Gasteiger partial charge in [-0.2, -0.15) is 0 Å². The van der Waals surface area contributed by atoms with E-state index in [9.17, 15) is 0 Å². The third-order valence-corrected chi connectivity index (χ3v) is 0.936. The minimum atomic E-state index is 0. The molecule has 0 saturated heterocycles. The van der Waals surface area contributed by atoms with Crippen molar-refractivity contribution in [2.24, 2.45) is 0 Å². The van der Waals surface area contributed by atoms with Crippen molar-refractivity contribution in [1.82, 2.24) is 0 Å². The van der Waals surface area contributed by atoms with Crippen LogP contribution < -0.4 is 0 Å². The van der Waals surface area contributed by atoms with Crippen LogP contribution >= 0.6 is 0 Å². The molecule has 1 aliphatic heterocycles. The van der Waals surface area contributed by atoms with Gasteiger partial charge in [0, 0.05) is 32.7 Å². The fraction of sp³-hybridized carbons (Fsp3) is 0.143. The van der Waals surface area contributed by atoms with Gasteiger partial charge in [0.2, 0.25) is 0 Å². The summed E-state index contributed by atoms with van der Waals surface area (Å²) in [7, 11) is 0. The van der Waals surface area contributed by atoms with Crippen molar-refractivity contribution in [1.29, 1.82) is 0 Å². The summed E-state index contributed by atoms with van der Waals surface area (Å²) < 4.78 is 1.76. The summed E-state index contributed by atoms with van der Waals surface area (Å²) >= 11 is 0. The SMILES string of the molecule is C=[N+]1C=C[C-]=C(C)[CH-]1.[Y]. The number of nitrogens with zero attached hydrogens (tertiary/aromatic N) is 1. The molecule has 0 bridgehead atoms. The molecule has 0 saturated carbocycles. The van der Waals surface area contributed by atoms with Crippen LogP contribution in [0.15, 0.2) is 17.8 Å². The molecule has 0 N–H and O–H groups in total. The van der Waals surface area contributed by atoms with Crippen LogP contribution in [-0.2, 0) is 32.7 Å². The maximum Gasteiger partial charge on any atom is 0.0938 e. The Kier molecular flexibility index (Phi) is 4.08. The smallest absolute Gasteiger partial charge is 0.0938 e. The number of allylic oxidation sites excluding steroid dienone is 2. The van der Waals surface area contributed by atoms with Crippen LogP contribution in [0.25, 0.3) is 0 Å². The average molecular weight is 195 g/mol. The van der Waals surface area contributed by atoms with Gasteiger partial charge in [-0.3, -0.25) is 0 Å². The fourth-order valence-corrected chi connectivity index (χ4v) is 0.593. The molecule has 0 atom stereocenters. The predicted molar refractivity (Wildman–Crippen MR) is 33.3 cm³/mol. The van der Waals surface area contributed by atoms with E-state index in [1.165, 1.54) is 0 Å². The average Bonchev–Trinajstić information content (AvgIpc) is 1.64. The van der Waals surface area contributed by atoms with E-state index in [1.807, 2.05) is 25.7 Å². The molecule has 0 amide bonds. The van der Waals surface area contributed by atoms with Gasteiger partial charge in [-0.15, -0.1) is 0 Å². The van der Waals surface area contributed by atoms with Crippen molar-refractivity contribution in [3.8, 4) is 0 Å². The minimum absolute atomic E-state index is 0. The second-order valence-electron chi connectivity index (χ2n) is 1.79. The first-order valence-corrected chi connectivity index (χ1v) is 2.49. The van der Waals surface area contributed by atoms with Crippen LogP contribution in [0.4, 0.5) is 0 Å². The van der Waals surface area contributed by atoms with Gasteiger partial charge in [0.1, 0.15) is 0 Å². The third-order valence-electron chi connectivity index (χ3n) is 0.936. The van der Waals surface area contributed by atoms with Gasteiger partial charge >= 0.3 is 0 Å². The van der Waals surface area contributed by atoms with Gasteiger partial charge in [-0.1, -0.05) is 6.92 Å². The van der Waals surface area contributed by atoms with Gasteiger partial charge in [-0.05, 0) is 12.7 Å². The number of hydrogen-bond acceptors (Lipinski definition) is 0. The fourth-order valence-electron chi connectivity index (χ4n) is 0.593. The zero-order chi connectivity index (χ0) is 5.98. The minimum Gasteiger partial charge on any atom is -0.393 e. The van der Waals surface area contributed by atoms with Crippen LogP contribution in [0.5, 0.6) is 0 Å². The largest absolute Gasteiger partial charge is 0.393 e. The van der Waals surface area contributed by atoms with Gasteiger partial charge in [0.25, 0.3) is 0 Å². The van der Waals surface area contributed by atoms with E-state index in [1.54, 1.807) is 4.58 Å². The molecule has 9 heavy (non-hydrogen) atoms. The summed E-state index contributed by atoms with van der Waals surface area (Å²) in [6.07, 6.45) is 6.71. The molecule has 0 unspecified atom stereocenters. The van der Waals surface area contributed by atoms with Crippen molar-refractivity contribution in [3.05, 3.63) is 30.5 Å². The summed E-state index contributed by atoms with van der Waals surface area (Å²) in [4.78, 5) is 0. The van der Waals surface area contributed by atoms with Crippen LogP contribution in [0.3, 0.4) is 0 Å². The summed E-state index contributed by atoms with van der Waals surface area (Å²) in [5.74, 6) is 0. The Morgan fingerprint density at radius 3 is 2.78 bits per heavy atom. The number of rotatable bonds is 0. The molecule has 45 valence electrons. The maximum atomic E-state index is 3.68. The van der Waals surface area contributed by atoms with Crippen molar-refractivity contribution in [2.75, 3.05) is 0 Å². The molecular formula is C7H8NY-. The first-order chi connectivity index (χ1) is 3.79. The zero-order valence-corrected chi connectivity index (χ0v) is 8.30. The Morgan fingerprint density at radius 1 is 1.78 bits per heavy atom. The zero-order valence-electron chi connectivity index (χ0n) is 5.46. The van der Waals surface area contributed by atoms with Crippen molar-refractivity contribution in [3.63, 3.8) is 0 Å². The standard InChI is InChI=1S/C7H8N.Y/c1-7-4-3-5-8(2)6-7;/h3,5-6H,2H2,1H3;/q-1;. The quantitative estimate of drug-likeness (QED) is 0.402. The second-order valence-corrected chi connectivity index (χ2v) is 1.79. The maximum absolute atomic E-state index is 3.68. The van der Waals surface area contributed by atoms with Crippen LogP contribution in [0.2, 0.25) is 0 Å². The summed E-state index contributed by atoms with van der Waals surface area (Å²) in [5.41, 5.74) is 1.11. The van der Waals surface area contributed by atoms with E-state index in [2.05, 4.69) is 12.8 Å². The summed E-state index contributed by atoms with van der Waals surface area (Å²) in [5, 5.41) is 0.